The maximum Gasteiger partial charge on any atom is 0.243 e. The molecule has 0 aliphatic carbocycles. The number of nitrogens with zero attached hydrogens (tertiary/aromatic N) is 1. The minimum Gasteiger partial charge on any atom is -0.390 e. The molecule has 1 heterocycles. The molecule has 0 radical (unpaired) electrons. The van der Waals surface area contributed by atoms with Crippen molar-refractivity contribution in [2.45, 2.75) is 24.0 Å². The molecule has 118 valence electrons. The zero-order valence-electron chi connectivity index (χ0n) is 11.3. The van der Waals surface area contributed by atoms with Gasteiger partial charge in [0.2, 0.25) is 10.0 Å². The fourth-order valence-electron chi connectivity index (χ4n) is 2.41. The Morgan fingerprint density at radius 2 is 1.86 bits per heavy atom. The third-order valence-electron chi connectivity index (χ3n) is 3.40. The van der Waals surface area contributed by atoms with Crippen molar-refractivity contribution in [2.75, 3.05) is 18.1 Å². The Balaban J connectivity index is 2.39. The zero-order valence-corrected chi connectivity index (χ0v) is 14.5. The zero-order chi connectivity index (χ0) is 15.8. The summed E-state index contributed by atoms with van der Waals surface area (Å²) in [5.74, 6) is -0.748. The lowest BCUT2D eigenvalue weighted by Gasteiger charge is -2.28. The van der Waals surface area contributed by atoms with Crippen LogP contribution in [0.5, 0.6) is 0 Å². The Hall–Kier alpha value is -0.480. The van der Waals surface area contributed by atoms with Gasteiger partial charge in [0.05, 0.1) is 28.5 Å². The van der Waals surface area contributed by atoms with Gasteiger partial charge in [-0.1, -0.05) is 22.9 Å². The summed E-state index contributed by atoms with van der Waals surface area (Å²) in [7, 11) is -7.26. The van der Waals surface area contributed by atoms with Gasteiger partial charge in [-0.05, 0) is 24.3 Å². The first kappa shape index (κ1) is 16.9. The number of likely N-dealkylation sites (N-methyl/N-ethyl adjacent to an activating group) is 1. The van der Waals surface area contributed by atoms with Crippen LogP contribution in [0.3, 0.4) is 0 Å². The van der Waals surface area contributed by atoms with Crippen LogP contribution in [0.4, 0.5) is 0 Å². The molecule has 0 bridgehead atoms. The normalized spacial score (nSPS) is 25.3. The molecular weight excluding hydrogens is 382 g/mol. The lowest BCUT2D eigenvalue weighted by Crippen LogP contribution is -2.46. The molecule has 1 aliphatic rings. The second-order valence-electron chi connectivity index (χ2n) is 4.87. The van der Waals surface area contributed by atoms with Crippen LogP contribution in [0, 0.1) is 0 Å². The highest BCUT2D eigenvalue weighted by Gasteiger charge is 2.44. The van der Waals surface area contributed by atoms with Crippen LogP contribution in [0.1, 0.15) is 6.92 Å². The fourth-order valence-corrected chi connectivity index (χ4v) is 6.23. The third-order valence-corrected chi connectivity index (χ3v) is 7.64. The van der Waals surface area contributed by atoms with Crippen LogP contribution < -0.4 is 0 Å². The maximum absolute atomic E-state index is 12.6. The minimum absolute atomic E-state index is 0.0732. The molecular formula is C12H16BrNO5S2. The summed E-state index contributed by atoms with van der Waals surface area (Å²) < 4.78 is 50.2. The molecule has 1 fully saturated rings. The van der Waals surface area contributed by atoms with E-state index in [9.17, 15) is 21.9 Å². The van der Waals surface area contributed by atoms with Crippen LogP contribution >= 0.6 is 15.9 Å². The fraction of sp³-hybridized carbons (Fsp3) is 0.500. The van der Waals surface area contributed by atoms with Gasteiger partial charge in [0.1, 0.15) is 0 Å². The SMILES string of the molecule is CCN([C@@H]1CS(=O)(=O)C[C@@H]1O)S(=O)(=O)c1ccc(Br)cc1. The minimum atomic E-state index is -3.85. The average Bonchev–Trinajstić information content (AvgIpc) is 2.64. The molecule has 2 rings (SSSR count). The Morgan fingerprint density at radius 3 is 2.29 bits per heavy atom. The predicted octanol–water partition coefficient (Wildman–Crippen LogP) is 0.618. The Kier molecular flexibility index (Phi) is 4.79. The number of hydrogen-bond donors (Lipinski definition) is 1. The van der Waals surface area contributed by atoms with Crippen LogP contribution in [0.25, 0.3) is 0 Å². The van der Waals surface area contributed by atoms with Gasteiger partial charge in [-0.2, -0.15) is 4.31 Å². The van der Waals surface area contributed by atoms with Crippen molar-refractivity contribution >= 4 is 35.8 Å². The first-order valence-corrected chi connectivity index (χ1v) is 10.4. The van der Waals surface area contributed by atoms with Crippen molar-refractivity contribution in [3.8, 4) is 0 Å². The number of rotatable bonds is 4. The van der Waals surface area contributed by atoms with Gasteiger partial charge in [-0.25, -0.2) is 16.8 Å². The van der Waals surface area contributed by atoms with E-state index in [-0.39, 0.29) is 17.2 Å². The van der Waals surface area contributed by atoms with E-state index in [2.05, 4.69) is 15.9 Å². The lowest BCUT2D eigenvalue weighted by molar-refractivity contribution is 0.130. The molecule has 0 aromatic heterocycles. The Bertz CT molecular complexity index is 715. The molecule has 0 unspecified atom stereocenters. The van der Waals surface area contributed by atoms with E-state index < -0.39 is 37.8 Å². The number of aliphatic hydroxyl groups is 1. The predicted molar refractivity (Wildman–Crippen MR) is 82.2 cm³/mol. The summed E-state index contributed by atoms with van der Waals surface area (Å²) in [5, 5.41) is 9.89. The largest absolute Gasteiger partial charge is 0.390 e. The Morgan fingerprint density at radius 1 is 1.29 bits per heavy atom. The number of aliphatic hydroxyl groups excluding tert-OH is 1. The van der Waals surface area contributed by atoms with Crippen LogP contribution in [-0.4, -0.2) is 56.4 Å². The van der Waals surface area contributed by atoms with Gasteiger partial charge in [-0.3, -0.25) is 0 Å². The van der Waals surface area contributed by atoms with E-state index >= 15 is 0 Å². The summed E-state index contributed by atoms with van der Waals surface area (Å²) in [6, 6.07) is 5.15. The molecule has 1 saturated heterocycles. The second-order valence-corrected chi connectivity index (χ2v) is 9.83. The summed E-state index contributed by atoms with van der Waals surface area (Å²) in [6.07, 6.45) is -1.19. The number of hydrogen-bond acceptors (Lipinski definition) is 5. The first-order valence-electron chi connectivity index (χ1n) is 6.33. The van der Waals surface area contributed by atoms with E-state index in [0.717, 1.165) is 8.78 Å². The van der Waals surface area contributed by atoms with Gasteiger partial charge < -0.3 is 5.11 Å². The number of halogens is 1. The van der Waals surface area contributed by atoms with E-state index in [1.54, 1.807) is 19.1 Å². The molecule has 1 N–H and O–H groups in total. The standard InChI is InChI=1S/C12H16BrNO5S2/c1-2-14(11-7-20(16,17)8-12(11)15)21(18,19)10-5-3-9(13)4-6-10/h3-6,11-12,15H,2,7-8H2,1H3/t11-,12+/m1/s1. The maximum atomic E-state index is 12.6. The molecule has 9 heteroatoms. The van der Waals surface area contributed by atoms with Gasteiger partial charge >= 0.3 is 0 Å². The number of sulfone groups is 1. The molecule has 0 amide bonds. The smallest absolute Gasteiger partial charge is 0.243 e. The van der Waals surface area contributed by atoms with Crippen molar-refractivity contribution in [3.63, 3.8) is 0 Å². The summed E-state index contributed by atoms with van der Waals surface area (Å²) in [6.45, 7) is 1.71. The highest BCUT2D eigenvalue weighted by Crippen LogP contribution is 2.26. The molecule has 0 spiro atoms. The van der Waals surface area contributed by atoms with Crippen LogP contribution in [0.2, 0.25) is 0 Å². The highest BCUT2D eigenvalue weighted by atomic mass is 79.9. The van der Waals surface area contributed by atoms with Gasteiger partial charge in [-0.15, -0.1) is 0 Å². The third kappa shape index (κ3) is 3.48. The lowest BCUT2D eigenvalue weighted by atomic mass is 10.2. The monoisotopic (exact) mass is 397 g/mol. The Labute approximate surface area is 132 Å². The van der Waals surface area contributed by atoms with E-state index in [0.29, 0.717) is 0 Å². The second kappa shape index (κ2) is 5.96. The molecule has 0 saturated carbocycles. The molecule has 1 aliphatic heterocycles. The summed E-state index contributed by atoms with van der Waals surface area (Å²) in [5.41, 5.74) is 0. The molecule has 2 atom stereocenters. The van der Waals surface area contributed by atoms with Crippen molar-refractivity contribution in [3.05, 3.63) is 28.7 Å². The molecule has 6 nitrogen and oxygen atoms in total. The van der Waals surface area contributed by atoms with E-state index in [1.165, 1.54) is 12.1 Å². The van der Waals surface area contributed by atoms with Gasteiger partial charge in [0.15, 0.2) is 9.84 Å². The molecule has 21 heavy (non-hydrogen) atoms. The summed E-state index contributed by atoms with van der Waals surface area (Å²) >= 11 is 3.23. The van der Waals surface area contributed by atoms with Gasteiger partial charge in [0.25, 0.3) is 0 Å². The summed E-state index contributed by atoms with van der Waals surface area (Å²) in [4.78, 5) is 0.0732. The van der Waals surface area contributed by atoms with Crippen LogP contribution in [0.15, 0.2) is 33.6 Å². The quantitative estimate of drug-likeness (QED) is 0.803. The van der Waals surface area contributed by atoms with Crippen molar-refractivity contribution in [2.24, 2.45) is 0 Å². The average molecular weight is 398 g/mol. The molecule has 1 aromatic carbocycles. The first-order chi connectivity index (χ1) is 9.67. The van der Waals surface area contributed by atoms with Gasteiger partial charge in [0, 0.05) is 11.0 Å². The van der Waals surface area contributed by atoms with E-state index in [1.807, 2.05) is 0 Å². The van der Waals surface area contributed by atoms with Crippen molar-refractivity contribution < 1.29 is 21.9 Å². The molecule has 1 aromatic rings. The van der Waals surface area contributed by atoms with E-state index in [4.69, 9.17) is 0 Å². The highest BCUT2D eigenvalue weighted by molar-refractivity contribution is 9.10. The topological polar surface area (TPSA) is 91.8 Å². The van der Waals surface area contributed by atoms with Crippen LogP contribution in [-0.2, 0) is 19.9 Å². The van der Waals surface area contributed by atoms with Crippen molar-refractivity contribution in [1.29, 1.82) is 0 Å². The van der Waals surface area contributed by atoms with Crippen molar-refractivity contribution in [1.82, 2.24) is 4.31 Å². The number of benzene rings is 1. The number of sulfonamides is 1.